The van der Waals surface area contributed by atoms with Gasteiger partial charge in [0.05, 0.1) is 10.6 Å². The molecule has 3 rings (SSSR count). The molecule has 0 radical (unpaired) electrons. The Kier molecular flexibility index (Phi) is 13.8. The summed E-state index contributed by atoms with van der Waals surface area (Å²) in [5, 5.41) is 0.492. The summed E-state index contributed by atoms with van der Waals surface area (Å²) in [5.41, 5.74) is 8.44. The Morgan fingerprint density at radius 3 is 2.08 bits per heavy atom. The van der Waals surface area contributed by atoms with E-state index < -0.39 is 11.7 Å². The zero-order valence-electron chi connectivity index (χ0n) is 21.5. The van der Waals surface area contributed by atoms with Crippen LogP contribution in [0.15, 0.2) is 122 Å². The Hall–Kier alpha value is -3.57. The fourth-order valence-corrected chi connectivity index (χ4v) is 3.31. The van der Waals surface area contributed by atoms with Crippen LogP contribution in [0.3, 0.4) is 0 Å². The first kappa shape index (κ1) is 31.5. The van der Waals surface area contributed by atoms with E-state index in [4.69, 9.17) is 17.3 Å². The van der Waals surface area contributed by atoms with Crippen molar-refractivity contribution >= 4 is 11.6 Å². The zero-order chi connectivity index (χ0) is 27.8. The molecule has 0 spiro atoms. The molecule has 1 atom stereocenters. The van der Waals surface area contributed by atoms with Gasteiger partial charge in [0.25, 0.3) is 0 Å². The van der Waals surface area contributed by atoms with Gasteiger partial charge >= 0.3 is 6.18 Å². The molecule has 0 saturated heterocycles. The van der Waals surface area contributed by atoms with Crippen LogP contribution in [-0.2, 0) is 12.6 Å². The lowest BCUT2D eigenvalue weighted by Crippen LogP contribution is -2.10. The van der Waals surface area contributed by atoms with Gasteiger partial charge in [-0.15, -0.1) is 0 Å². The number of hydrogen-bond acceptors (Lipinski definition) is 2. The standard InChI is InChI=1S/C20H15ClF3N.C7H11N.C4H8/c21-17-9-10-19(25-13-17)18(11-14-5-2-1-3-6-14)15-7-4-8-16(12-15)20(22,23)24;1-4-7(5-2)6(3)8;1-3-4-2/h1-10,12-13,18H,11H2;4-5H,1,3,8H2,2H3;3-4H,1-2H3/b;7-5+;4-3+. The van der Waals surface area contributed by atoms with E-state index in [0.717, 1.165) is 17.2 Å². The third kappa shape index (κ3) is 11.4. The number of pyridine rings is 1. The van der Waals surface area contributed by atoms with E-state index in [9.17, 15) is 13.2 Å². The molecule has 2 aromatic carbocycles. The summed E-state index contributed by atoms with van der Waals surface area (Å²) in [6, 6.07) is 18.5. The molecule has 3 aromatic rings. The summed E-state index contributed by atoms with van der Waals surface area (Å²) < 4.78 is 39.2. The highest BCUT2D eigenvalue weighted by atomic mass is 35.5. The summed E-state index contributed by atoms with van der Waals surface area (Å²) >= 11 is 5.90. The van der Waals surface area contributed by atoms with Crippen molar-refractivity contribution in [2.45, 2.75) is 39.3 Å². The van der Waals surface area contributed by atoms with Crippen molar-refractivity contribution in [2.75, 3.05) is 0 Å². The Balaban J connectivity index is 0.000000478. The summed E-state index contributed by atoms with van der Waals surface area (Å²) in [7, 11) is 0. The molecule has 0 aliphatic rings. The second-order valence-electron chi connectivity index (χ2n) is 7.91. The number of allylic oxidation sites excluding steroid dienone is 4. The molecule has 1 aromatic heterocycles. The highest BCUT2D eigenvalue weighted by Gasteiger charge is 2.31. The first-order valence-electron chi connectivity index (χ1n) is 11.7. The number of rotatable bonds is 6. The van der Waals surface area contributed by atoms with Gasteiger partial charge in [-0.1, -0.05) is 97.6 Å². The van der Waals surface area contributed by atoms with Crippen LogP contribution in [0, 0.1) is 0 Å². The predicted octanol–water partition coefficient (Wildman–Crippen LogP) is 9.30. The summed E-state index contributed by atoms with van der Waals surface area (Å²) in [6.45, 7) is 13.0. The smallest absolute Gasteiger partial charge is 0.399 e. The fourth-order valence-electron chi connectivity index (χ4n) is 3.20. The maximum absolute atomic E-state index is 13.1. The van der Waals surface area contributed by atoms with Crippen molar-refractivity contribution in [3.8, 4) is 0 Å². The van der Waals surface area contributed by atoms with E-state index in [0.29, 0.717) is 28.4 Å². The van der Waals surface area contributed by atoms with Gasteiger partial charge in [0.2, 0.25) is 0 Å². The second kappa shape index (κ2) is 16.2. The molecular weight excluding hydrogens is 493 g/mol. The van der Waals surface area contributed by atoms with Crippen molar-refractivity contribution in [1.29, 1.82) is 0 Å². The van der Waals surface area contributed by atoms with E-state index in [2.05, 4.69) is 18.1 Å². The van der Waals surface area contributed by atoms with Crippen molar-refractivity contribution in [3.05, 3.63) is 149 Å². The Morgan fingerprint density at radius 1 is 1.00 bits per heavy atom. The first-order valence-corrected chi connectivity index (χ1v) is 12.1. The quantitative estimate of drug-likeness (QED) is 0.257. The van der Waals surface area contributed by atoms with Crippen LogP contribution in [-0.4, -0.2) is 4.98 Å². The minimum atomic E-state index is -4.37. The number of nitrogens with two attached hydrogens (primary N) is 1. The van der Waals surface area contributed by atoms with Crippen LogP contribution < -0.4 is 5.73 Å². The van der Waals surface area contributed by atoms with Gasteiger partial charge in [-0.05, 0) is 62.1 Å². The number of nitrogens with zero attached hydrogens (tertiary/aromatic N) is 1. The minimum absolute atomic E-state index is 0.290. The zero-order valence-corrected chi connectivity index (χ0v) is 22.2. The molecule has 6 heteroatoms. The minimum Gasteiger partial charge on any atom is -0.399 e. The van der Waals surface area contributed by atoms with Crippen LogP contribution >= 0.6 is 11.6 Å². The SMILES string of the molecule is C/C=C/C.C=C/C(=C\C)C(=C)N.FC(F)(F)c1cccc(C(Cc2ccccc2)c2ccc(Cl)cn2)c1. The molecule has 2 nitrogen and oxygen atoms in total. The van der Waals surface area contributed by atoms with Crippen LogP contribution in [0.4, 0.5) is 13.2 Å². The average molecular weight is 527 g/mol. The number of halogens is 4. The normalized spacial score (nSPS) is 12.0. The van der Waals surface area contributed by atoms with Gasteiger partial charge in [0, 0.05) is 23.5 Å². The number of alkyl halides is 3. The highest BCUT2D eigenvalue weighted by Crippen LogP contribution is 2.34. The van der Waals surface area contributed by atoms with Crippen LogP contribution in [0.1, 0.15) is 49.1 Å². The third-order valence-electron chi connectivity index (χ3n) is 5.24. The third-order valence-corrected chi connectivity index (χ3v) is 5.46. The first-order chi connectivity index (χ1) is 17.6. The molecule has 0 aliphatic heterocycles. The van der Waals surface area contributed by atoms with E-state index >= 15 is 0 Å². The maximum Gasteiger partial charge on any atom is 0.416 e. The molecule has 2 N–H and O–H groups in total. The Morgan fingerprint density at radius 2 is 1.65 bits per heavy atom. The van der Waals surface area contributed by atoms with Crippen molar-refractivity contribution in [2.24, 2.45) is 5.73 Å². The van der Waals surface area contributed by atoms with Crippen LogP contribution in [0.25, 0.3) is 0 Å². The van der Waals surface area contributed by atoms with Crippen LogP contribution in [0.5, 0.6) is 0 Å². The molecule has 1 heterocycles. The molecule has 37 heavy (non-hydrogen) atoms. The average Bonchev–Trinajstić information content (AvgIpc) is 2.89. The van der Waals surface area contributed by atoms with Gasteiger partial charge in [0.15, 0.2) is 0 Å². The monoisotopic (exact) mass is 526 g/mol. The molecule has 0 fully saturated rings. The van der Waals surface area contributed by atoms with Crippen LogP contribution in [0.2, 0.25) is 5.02 Å². The van der Waals surface area contributed by atoms with E-state index in [1.54, 1.807) is 24.3 Å². The van der Waals surface area contributed by atoms with E-state index in [-0.39, 0.29) is 5.92 Å². The van der Waals surface area contributed by atoms with E-state index in [1.165, 1.54) is 18.3 Å². The topological polar surface area (TPSA) is 38.9 Å². The Bertz CT molecular complexity index is 1160. The summed E-state index contributed by atoms with van der Waals surface area (Å²) in [6.07, 6.45) is 5.25. The lowest BCUT2D eigenvalue weighted by atomic mass is 9.88. The van der Waals surface area contributed by atoms with Crippen molar-refractivity contribution in [3.63, 3.8) is 0 Å². The molecule has 0 bridgehead atoms. The molecule has 196 valence electrons. The van der Waals surface area contributed by atoms with Gasteiger partial charge in [-0.25, -0.2) is 0 Å². The largest absolute Gasteiger partial charge is 0.416 e. The second-order valence-corrected chi connectivity index (χ2v) is 8.34. The maximum atomic E-state index is 13.1. The highest BCUT2D eigenvalue weighted by molar-refractivity contribution is 6.30. The Labute approximate surface area is 223 Å². The molecule has 1 unspecified atom stereocenters. The fraction of sp³-hybridized carbons (Fsp3) is 0.194. The van der Waals surface area contributed by atoms with Crippen molar-refractivity contribution in [1.82, 2.24) is 4.98 Å². The summed E-state index contributed by atoms with van der Waals surface area (Å²) in [4.78, 5) is 4.33. The number of benzene rings is 2. The lowest BCUT2D eigenvalue weighted by Gasteiger charge is -2.19. The van der Waals surface area contributed by atoms with Gasteiger partial charge < -0.3 is 5.73 Å². The van der Waals surface area contributed by atoms with Gasteiger partial charge in [-0.2, -0.15) is 13.2 Å². The molecular formula is C31H34ClF3N2. The predicted molar refractivity (Wildman–Crippen MR) is 150 cm³/mol. The van der Waals surface area contributed by atoms with E-state index in [1.807, 2.05) is 69.3 Å². The molecule has 0 amide bonds. The molecule has 0 saturated carbocycles. The lowest BCUT2D eigenvalue weighted by molar-refractivity contribution is -0.137. The number of hydrogen-bond donors (Lipinski definition) is 1. The molecule has 0 aliphatic carbocycles. The summed E-state index contributed by atoms with van der Waals surface area (Å²) in [5.74, 6) is -0.290. The van der Waals surface area contributed by atoms with Gasteiger partial charge in [0.1, 0.15) is 0 Å². The number of aromatic nitrogens is 1. The van der Waals surface area contributed by atoms with Crippen molar-refractivity contribution < 1.29 is 13.2 Å². The van der Waals surface area contributed by atoms with Gasteiger partial charge in [-0.3, -0.25) is 4.98 Å².